The summed E-state index contributed by atoms with van der Waals surface area (Å²) in [5, 5.41) is 0. The quantitative estimate of drug-likeness (QED) is 0.707. The molecule has 1 saturated heterocycles. The van der Waals surface area contributed by atoms with Crippen molar-refractivity contribution in [3.05, 3.63) is 23.9 Å². The van der Waals surface area contributed by atoms with Crippen molar-refractivity contribution in [1.82, 2.24) is 14.8 Å². The second-order valence-corrected chi connectivity index (χ2v) is 4.13. The lowest BCUT2D eigenvalue weighted by molar-refractivity contribution is -0.119. The molecule has 0 bridgehead atoms. The second kappa shape index (κ2) is 5.63. The van der Waals surface area contributed by atoms with Gasteiger partial charge in [0, 0.05) is 45.0 Å². The minimum absolute atomic E-state index is 0.638. The monoisotopic (exact) mass is 235 g/mol. The molecule has 0 aliphatic carbocycles. The van der Waals surface area contributed by atoms with Gasteiger partial charge >= 0.3 is 0 Å². The molecule has 2 rings (SSSR count). The van der Waals surface area contributed by atoms with Gasteiger partial charge in [0.15, 0.2) is 0 Å². The average Bonchev–Trinajstić information content (AvgIpc) is 2.40. The molecule has 0 aromatic carbocycles. The van der Waals surface area contributed by atoms with Gasteiger partial charge in [-0.15, -0.1) is 0 Å². The Bertz CT molecular complexity index is 359. The Morgan fingerprint density at radius 3 is 2.65 bits per heavy atom. The highest BCUT2D eigenvalue weighted by Gasteiger charge is 2.15. The Labute approximate surface area is 101 Å². The van der Waals surface area contributed by atoms with Crippen molar-refractivity contribution in [2.45, 2.75) is 6.54 Å². The molecule has 17 heavy (non-hydrogen) atoms. The van der Waals surface area contributed by atoms with E-state index in [-0.39, 0.29) is 0 Å². The largest absolute Gasteiger partial charge is 0.481 e. The number of methoxy groups -OCH3 is 1. The van der Waals surface area contributed by atoms with E-state index < -0.39 is 0 Å². The topological polar surface area (TPSA) is 45.7 Å². The van der Waals surface area contributed by atoms with E-state index in [1.807, 2.05) is 23.2 Å². The summed E-state index contributed by atoms with van der Waals surface area (Å²) < 4.78 is 5.02. The van der Waals surface area contributed by atoms with Crippen LogP contribution in [0.2, 0.25) is 0 Å². The SMILES string of the molecule is COc1ccc(CN2CCN(C=O)CC2)cn1. The van der Waals surface area contributed by atoms with Crippen molar-refractivity contribution in [1.29, 1.82) is 0 Å². The molecule has 2 heterocycles. The number of piperazine rings is 1. The van der Waals surface area contributed by atoms with Crippen LogP contribution in [0.5, 0.6) is 5.88 Å². The van der Waals surface area contributed by atoms with Crippen molar-refractivity contribution in [3.63, 3.8) is 0 Å². The standard InChI is InChI=1S/C12H17N3O2/c1-17-12-3-2-11(8-13-12)9-14-4-6-15(10-16)7-5-14/h2-3,8,10H,4-7,9H2,1H3. The van der Waals surface area contributed by atoms with E-state index in [0.29, 0.717) is 5.88 Å². The van der Waals surface area contributed by atoms with Gasteiger partial charge in [-0.05, 0) is 5.56 Å². The van der Waals surface area contributed by atoms with Crippen LogP contribution in [0.25, 0.3) is 0 Å². The summed E-state index contributed by atoms with van der Waals surface area (Å²) in [7, 11) is 1.61. The molecule has 1 aliphatic heterocycles. The van der Waals surface area contributed by atoms with Crippen molar-refractivity contribution in [2.24, 2.45) is 0 Å². The van der Waals surface area contributed by atoms with Gasteiger partial charge in [-0.1, -0.05) is 6.07 Å². The molecule has 0 atom stereocenters. The maximum Gasteiger partial charge on any atom is 0.212 e. The number of carbonyl (C=O) groups excluding carboxylic acids is 1. The van der Waals surface area contributed by atoms with Crippen LogP contribution < -0.4 is 4.74 Å². The summed E-state index contributed by atoms with van der Waals surface area (Å²) in [4.78, 5) is 18.9. The maximum absolute atomic E-state index is 10.6. The van der Waals surface area contributed by atoms with Crippen LogP contribution in [0.1, 0.15) is 5.56 Å². The zero-order valence-corrected chi connectivity index (χ0v) is 10.0. The second-order valence-electron chi connectivity index (χ2n) is 4.13. The number of aromatic nitrogens is 1. The Hall–Kier alpha value is -1.62. The van der Waals surface area contributed by atoms with Gasteiger partial charge in [-0.3, -0.25) is 9.69 Å². The highest BCUT2D eigenvalue weighted by molar-refractivity contribution is 5.47. The Balaban J connectivity index is 1.86. The molecule has 5 heteroatoms. The van der Waals surface area contributed by atoms with Gasteiger partial charge in [0.25, 0.3) is 0 Å². The average molecular weight is 235 g/mol. The molecule has 1 fully saturated rings. The first kappa shape index (κ1) is 11.9. The molecule has 1 aromatic heterocycles. The first-order valence-corrected chi connectivity index (χ1v) is 5.72. The van der Waals surface area contributed by atoms with Crippen LogP contribution in [-0.2, 0) is 11.3 Å². The summed E-state index contributed by atoms with van der Waals surface area (Å²) in [6, 6.07) is 3.90. The van der Waals surface area contributed by atoms with Gasteiger partial charge in [0.2, 0.25) is 12.3 Å². The first-order chi connectivity index (χ1) is 8.31. The van der Waals surface area contributed by atoms with Crippen LogP contribution >= 0.6 is 0 Å². The van der Waals surface area contributed by atoms with Gasteiger partial charge in [-0.25, -0.2) is 4.98 Å². The normalized spacial score (nSPS) is 16.9. The number of ether oxygens (including phenoxy) is 1. The van der Waals surface area contributed by atoms with Crippen LogP contribution in [-0.4, -0.2) is 54.5 Å². The van der Waals surface area contributed by atoms with E-state index in [2.05, 4.69) is 9.88 Å². The lowest BCUT2D eigenvalue weighted by atomic mass is 10.2. The highest BCUT2D eigenvalue weighted by atomic mass is 16.5. The lowest BCUT2D eigenvalue weighted by Crippen LogP contribution is -2.45. The first-order valence-electron chi connectivity index (χ1n) is 5.72. The molecule has 1 aliphatic rings. The fourth-order valence-corrected chi connectivity index (χ4v) is 1.91. The summed E-state index contributed by atoms with van der Waals surface area (Å²) in [6.45, 7) is 4.35. The van der Waals surface area contributed by atoms with Crippen molar-refractivity contribution in [2.75, 3.05) is 33.3 Å². The summed E-state index contributed by atoms with van der Waals surface area (Å²) in [5.74, 6) is 0.638. The van der Waals surface area contributed by atoms with Gasteiger partial charge in [-0.2, -0.15) is 0 Å². The number of pyridine rings is 1. The van der Waals surface area contributed by atoms with Crippen LogP contribution in [0.4, 0.5) is 0 Å². The molecule has 1 amide bonds. The predicted octanol–water partition coefficient (Wildman–Crippen LogP) is 0.364. The minimum Gasteiger partial charge on any atom is -0.481 e. The van der Waals surface area contributed by atoms with Gasteiger partial charge in [0.05, 0.1) is 7.11 Å². The summed E-state index contributed by atoms with van der Waals surface area (Å²) in [5.41, 5.74) is 1.17. The molecule has 0 saturated carbocycles. The molecular formula is C12H17N3O2. The molecule has 92 valence electrons. The zero-order chi connectivity index (χ0) is 12.1. The van der Waals surface area contributed by atoms with E-state index in [1.165, 1.54) is 5.56 Å². The van der Waals surface area contributed by atoms with E-state index >= 15 is 0 Å². The van der Waals surface area contributed by atoms with Crippen LogP contribution in [0, 0.1) is 0 Å². The fraction of sp³-hybridized carbons (Fsp3) is 0.500. The van der Waals surface area contributed by atoms with Crippen molar-refractivity contribution in [3.8, 4) is 5.88 Å². The Morgan fingerprint density at radius 2 is 2.12 bits per heavy atom. The Kier molecular flexibility index (Phi) is 3.93. The zero-order valence-electron chi connectivity index (χ0n) is 10.0. The Morgan fingerprint density at radius 1 is 1.35 bits per heavy atom. The molecule has 0 N–H and O–H groups in total. The van der Waals surface area contributed by atoms with E-state index in [0.717, 1.165) is 39.1 Å². The highest BCUT2D eigenvalue weighted by Crippen LogP contribution is 2.10. The third-order valence-corrected chi connectivity index (χ3v) is 2.97. The smallest absolute Gasteiger partial charge is 0.212 e. The van der Waals surface area contributed by atoms with Gasteiger partial charge < -0.3 is 9.64 Å². The van der Waals surface area contributed by atoms with Crippen molar-refractivity contribution < 1.29 is 9.53 Å². The number of amides is 1. The molecular weight excluding hydrogens is 218 g/mol. The maximum atomic E-state index is 10.6. The van der Waals surface area contributed by atoms with E-state index in [4.69, 9.17) is 4.74 Å². The number of rotatable bonds is 4. The van der Waals surface area contributed by atoms with Crippen LogP contribution in [0.15, 0.2) is 18.3 Å². The predicted molar refractivity (Wildman–Crippen MR) is 63.7 cm³/mol. The molecule has 0 spiro atoms. The molecule has 5 nitrogen and oxygen atoms in total. The van der Waals surface area contributed by atoms with Crippen LogP contribution in [0.3, 0.4) is 0 Å². The summed E-state index contributed by atoms with van der Waals surface area (Å²) >= 11 is 0. The molecule has 0 unspecified atom stereocenters. The third-order valence-electron chi connectivity index (χ3n) is 2.97. The van der Waals surface area contributed by atoms with Crippen molar-refractivity contribution >= 4 is 6.41 Å². The number of hydrogen-bond donors (Lipinski definition) is 0. The number of nitrogens with zero attached hydrogens (tertiary/aromatic N) is 3. The van der Waals surface area contributed by atoms with Gasteiger partial charge in [0.1, 0.15) is 0 Å². The number of hydrogen-bond acceptors (Lipinski definition) is 4. The lowest BCUT2D eigenvalue weighted by Gasteiger charge is -2.32. The third kappa shape index (κ3) is 3.17. The summed E-state index contributed by atoms with van der Waals surface area (Å²) in [6.07, 6.45) is 2.76. The van der Waals surface area contributed by atoms with E-state index in [9.17, 15) is 4.79 Å². The van der Waals surface area contributed by atoms with E-state index in [1.54, 1.807) is 7.11 Å². The molecule has 1 aromatic rings. The fourth-order valence-electron chi connectivity index (χ4n) is 1.91. The minimum atomic E-state index is 0.638. The molecule has 0 radical (unpaired) electrons. The number of carbonyl (C=O) groups is 1.